The molecule has 1 N–H and O–H groups in total. The molecule has 0 aliphatic carbocycles. The number of halogens is 5. The SMILES string of the molecule is O=C(O)n1c(C(F)(F)F)nc2cc(Br)c(Cl)cc21. The van der Waals surface area contributed by atoms with Gasteiger partial charge in [0.15, 0.2) is 0 Å². The van der Waals surface area contributed by atoms with E-state index in [2.05, 4.69) is 20.9 Å². The van der Waals surface area contributed by atoms with Crippen molar-refractivity contribution in [3.63, 3.8) is 0 Å². The van der Waals surface area contributed by atoms with Gasteiger partial charge < -0.3 is 5.11 Å². The van der Waals surface area contributed by atoms with Gasteiger partial charge in [-0.1, -0.05) is 11.6 Å². The lowest BCUT2D eigenvalue weighted by Crippen LogP contribution is -2.19. The highest BCUT2D eigenvalue weighted by Crippen LogP contribution is 2.34. The molecule has 0 spiro atoms. The van der Waals surface area contributed by atoms with Gasteiger partial charge in [0.2, 0.25) is 5.82 Å². The summed E-state index contributed by atoms with van der Waals surface area (Å²) in [6.45, 7) is 0. The average molecular weight is 343 g/mol. The van der Waals surface area contributed by atoms with E-state index in [0.717, 1.165) is 6.07 Å². The summed E-state index contributed by atoms with van der Waals surface area (Å²) in [6, 6.07) is 2.34. The highest BCUT2D eigenvalue weighted by Gasteiger charge is 2.39. The number of aromatic nitrogens is 2. The van der Waals surface area contributed by atoms with Crippen LogP contribution in [0.5, 0.6) is 0 Å². The van der Waals surface area contributed by atoms with Gasteiger partial charge in [-0.25, -0.2) is 14.3 Å². The van der Waals surface area contributed by atoms with Crippen molar-refractivity contribution >= 4 is 44.7 Å². The maximum Gasteiger partial charge on any atom is 0.450 e. The fraction of sp³-hybridized carbons (Fsp3) is 0.111. The van der Waals surface area contributed by atoms with E-state index in [4.69, 9.17) is 16.7 Å². The number of nitrogens with zero attached hydrogens (tertiary/aromatic N) is 2. The van der Waals surface area contributed by atoms with Crippen LogP contribution in [-0.4, -0.2) is 20.8 Å². The van der Waals surface area contributed by atoms with Crippen LogP contribution < -0.4 is 0 Å². The zero-order valence-corrected chi connectivity index (χ0v) is 10.6. The molecule has 1 aromatic carbocycles. The molecule has 4 nitrogen and oxygen atoms in total. The molecule has 0 unspecified atom stereocenters. The number of fused-ring (bicyclic) bond motifs is 1. The predicted octanol–water partition coefficient (Wildman–Crippen LogP) is 4.00. The van der Waals surface area contributed by atoms with Crippen LogP contribution in [0.4, 0.5) is 18.0 Å². The Hall–Kier alpha value is -1.28. The van der Waals surface area contributed by atoms with Crippen LogP contribution in [0, 0.1) is 0 Å². The van der Waals surface area contributed by atoms with Crippen LogP contribution in [0.3, 0.4) is 0 Å². The second kappa shape index (κ2) is 4.13. The second-order valence-corrected chi connectivity index (χ2v) is 4.57. The zero-order valence-electron chi connectivity index (χ0n) is 8.29. The molecular formula is C9H3BrClF3N2O2. The largest absolute Gasteiger partial charge is 0.464 e. The van der Waals surface area contributed by atoms with Gasteiger partial charge in [0, 0.05) is 4.47 Å². The van der Waals surface area contributed by atoms with Gasteiger partial charge in [0.1, 0.15) is 0 Å². The quantitative estimate of drug-likeness (QED) is 0.787. The fourth-order valence-electron chi connectivity index (χ4n) is 1.46. The first-order valence-electron chi connectivity index (χ1n) is 4.40. The zero-order chi connectivity index (χ0) is 13.7. The molecule has 0 saturated carbocycles. The molecule has 0 atom stereocenters. The molecule has 18 heavy (non-hydrogen) atoms. The van der Waals surface area contributed by atoms with Gasteiger partial charge in [-0.15, -0.1) is 0 Å². The number of imidazole rings is 1. The standard InChI is InChI=1S/C9H3BrClF3N2O2/c10-3-1-5-6(2-4(3)11)16(8(17)18)7(15-5)9(12,13)14/h1-2H,(H,17,18). The Labute approximate surface area is 111 Å². The van der Waals surface area contributed by atoms with Gasteiger partial charge >= 0.3 is 12.3 Å². The molecule has 0 aliphatic heterocycles. The molecule has 2 aromatic rings. The molecule has 0 radical (unpaired) electrons. The lowest BCUT2D eigenvalue weighted by Gasteiger charge is -2.06. The number of hydrogen-bond donors (Lipinski definition) is 1. The highest BCUT2D eigenvalue weighted by molar-refractivity contribution is 9.10. The van der Waals surface area contributed by atoms with E-state index < -0.39 is 18.1 Å². The summed E-state index contributed by atoms with van der Waals surface area (Å²) in [7, 11) is 0. The first kappa shape index (κ1) is 13.2. The van der Waals surface area contributed by atoms with E-state index in [9.17, 15) is 18.0 Å². The molecule has 96 valence electrons. The molecule has 0 bridgehead atoms. The fourth-order valence-corrected chi connectivity index (χ4v) is 1.95. The summed E-state index contributed by atoms with van der Waals surface area (Å²) in [6.07, 6.45) is -6.64. The second-order valence-electron chi connectivity index (χ2n) is 3.31. The van der Waals surface area contributed by atoms with Crippen LogP contribution in [0.15, 0.2) is 16.6 Å². The minimum absolute atomic E-state index is 0.0631. The first-order valence-corrected chi connectivity index (χ1v) is 5.57. The number of rotatable bonds is 0. The van der Waals surface area contributed by atoms with E-state index in [1.807, 2.05) is 0 Å². The van der Waals surface area contributed by atoms with Crippen molar-refractivity contribution in [2.45, 2.75) is 6.18 Å². The topological polar surface area (TPSA) is 55.1 Å². The van der Waals surface area contributed by atoms with Crippen molar-refractivity contribution in [2.24, 2.45) is 0 Å². The summed E-state index contributed by atoms with van der Waals surface area (Å²) >= 11 is 8.75. The number of alkyl halides is 3. The van der Waals surface area contributed by atoms with Crippen molar-refractivity contribution in [3.05, 3.63) is 27.5 Å². The monoisotopic (exact) mass is 342 g/mol. The van der Waals surface area contributed by atoms with Crippen molar-refractivity contribution in [1.29, 1.82) is 0 Å². The van der Waals surface area contributed by atoms with Gasteiger partial charge in [-0.3, -0.25) is 0 Å². The van der Waals surface area contributed by atoms with Gasteiger partial charge in [0.25, 0.3) is 0 Å². The Morgan fingerprint density at radius 2 is 2.06 bits per heavy atom. The molecule has 2 rings (SSSR count). The highest BCUT2D eigenvalue weighted by atomic mass is 79.9. The van der Waals surface area contributed by atoms with Crippen molar-refractivity contribution in [2.75, 3.05) is 0 Å². The molecule has 0 fully saturated rings. The van der Waals surface area contributed by atoms with Crippen molar-refractivity contribution < 1.29 is 23.1 Å². The lowest BCUT2D eigenvalue weighted by atomic mass is 10.3. The summed E-state index contributed by atoms with van der Waals surface area (Å²) in [5, 5.41) is 8.94. The molecular weight excluding hydrogens is 340 g/mol. The van der Waals surface area contributed by atoms with Gasteiger partial charge in [0.05, 0.1) is 16.1 Å². The van der Waals surface area contributed by atoms with Crippen molar-refractivity contribution in [1.82, 2.24) is 9.55 Å². The molecule has 1 heterocycles. The third-order valence-corrected chi connectivity index (χ3v) is 3.34. The third kappa shape index (κ3) is 2.05. The van der Waals surface area contributed by atoms with Crippen molar-refractivity contribution in [3.8, 4) is 0 Å². The summed E-state index contributed by atoms with van der Waals surface area (Å²) < 4.78 is 38.4. The normalized spacial score (nSPS) is 12.1. The lowest BCUT2D eigenvalue weighted by molar-refractivity contribution is -0.146. The van der Waals surface area contributed by atoms with Crippen LogP contribution >= 0.6 is 27.5 Å². The Bertz CT molecular complexity index is 653. The number of benzene rings is 1. The van der Waals surface area contributed by atoms with E-state index in [1.54, 1.807) is 0 Å². The molecule has 0 amide bonds. The van der Waals surface area contributed by atoms with Crippen LogP contribution in [-0.2, 0) is 6.18 Å². The Morgan fingerprint density at radius 1 is 1.44 bits per heavy atom. The average Bonchev–Trinajstić information content (AvgIpc) is 2.56. The Kier molecular flexibility index (Phi) is 3.02. The van der Waals surface area contributed by atoms with E-state index >= 15 is 0 Å². The van der Waals surface area contributed by atoms with Crippen LogP contribution in [0.2, 0.25) is 5.02 Å². The molecule has 9 heteroatoms. The number of carboxylic acid groups (broad SMARTS) is 1. The summed E-state index contributed by atoms with van der Waals surface area (Å²) in [5.41, 5.74) is -0.330. The third-order valence-electron chi connectivity index (χ3n) is 2.14. The van der Waals surface area contributed by atoms with E-state index in [0.29, 0.717) is 4.47 Å². The number of carbonyl (C=O) groups is 1. The Balaban J connectivity index is 2.89. The number of hydrogen-bond acceptors (Lipinski definition) is 2. The Morgan fingerprint density at radius 3 is 2.56 bits per heavy atom. The van der Waals surface area contributed by atoms with Crippen LogP contribution in [0.1, 0.15) is 5.82 Å². The van der Waals surface area contributed by atoms with E-state index in [-0.39, 0.29) is 20.6 Å². The predicted molar refractivity (Wildman–Crippen MR) is 60.9 cm³/mol. The van der Waals surface area contributed by atoms with Gasteiger partial charge in [-0.2, -0.15) is 13.2 Å². The first-order chi connectivity index (χ1) is 8.21. The molecule has 0 aliphatic rings. The molecule has 1 aromatic heterocycles. The maximum absolute atomic E-state index is 12.7. The minimum Gasteiger partial charge on any atom is -0.464 e. The summed E-state index contributed by atoms with van der Waals surface area (Å²) in [4.78, 5) is 14.2. The summed E-state index contributed by atoms with van der Waals surface area (Å²) in [5.74, 6) is -1.50. The minimum atomic E-state index is -4.86. The van der Waals surface area contributed by atoms with Crippen LogP contribution in [0.25, 0.3) is 11.0 Å². The van der Waals surface area contributed by atoms with Gasteiger partial charge in [-0.05, 0) is 28.1 Å². The smallest absolute Gasteiger partial charge is 0.450 e. The molecule has 0 saturated heterocycles. The van der Waals surface area contributed by atoms with E-state index in [1.165, 1.54) is 6.07 Å². The maximum atomic E-state index is 12.7.